The minimum atomic E-state index is -1.02. The van der Waals surface area contributed by atoms with Crippen LogP contribution in [0.15, 0.2) is 18.6 Å². The summed E-state index contributed by atoms with van der Waals surface area (Å²) in [5, 5.41) is 11.5. The van der Waals surface area contributed by atoms with Crippen molar-refractivity contribution in [1.29, 1.82) is 0 Å². The van der Waals surface area contributed by atoms with Crippen LogP contribution in [0.2, 0.25) is 0 Å². The quantitative estimate of drug-likeness (QED) is 0.215. The molecule has 13 nitrogen and oxygen atoms in total. The molecule has 4 N–H and O–H groups in total. The lowest BCUT2D eigenvalue weighted by Crippen LogP contribution is -2.62. The van der Waals surface area contributed by atoms with Gasteiger partial charge in [-0.15, -0.1) is 0 Å². The third kappa shape index (κ3) is 9.25. The number of nitrogens with zero attached hydrogens (tertiary/aromatic N) is 3. The van der Waals surface area contributed by atoms with Gasteiger partial charge in [0.15, 0.2) is 0 Å². The van der Waals surface area contributed by atoms with Crippen molar-refractivity contribution in [2.24, 2.45) is 29.1 Å². The number of nitrogens with one attached hydrogen (secondary N) is 4. The van der Waals surface area contributed by atoms with Crippen molar-refractivity contribution in [2.75, 3.05) is 6.54 Å². The van der Waals surface area contributed by atoms with Gasteiger partial charge in [-0.3, -0.25) is 33.8 Å². The number of likely N-dealkylation sites (tertiary alicyclic amines) is 1. The fourth-order valence-corrected chi connectivity index (χ4v) is 7.65. The van der Waals surface area contributed by atoms with Gasteiger partial charge in [0.1, 0.15) is 23.8 Å². The van der Waals surface area contributed by atoms with E-state index in [1.807, 2.05) is 48.5 Å². The number of amides is 5. The topological polar surface area (TPSA) is 180 Å². The number of aromatic nitrogens is 2. The molecule has 1 aromatic heterocycles. The van der Waals surface area contributed by atoms with Crippen LogP contribution in [0, 0.1) is 29.1 Å². The van der Waals surface area contributed by atoms with E-state index in [1.165, 1.54) is 18.6 Å². The van der Waals surface area contributed by atoms with Gasteiger partial charge in [0.25, 0.3) is 11.8 Å². The van der Waals surface area contributed by atoms with Crippen LogP contribution in [0.3, 0.4) is 0 Å². The lowest BCUT2D eigenvalue weighted by Gasteiger charge is -2.37. The Balaban J connectivity index is 1.56. The second kappa shape index (κ2) is 16.9. The molecule has 2 aliphatic carbocycles. The van der Waals surface area contributed by atoms with Gasteiger partial charge >= 0.3 is 0 Å². The van der Waals surface area contributed by atoms with E-state index < -0.39 is 59.0 Å². The van der Waals surface area contributed by atoms with E-state index in [1.54, 1.807) is 4.90 Å². The Hall–Kier alpha value is -3.90. The SMILES string of the molecule is CCC[C@H](NC(=O)[C@@H]1[C@H]2CCC[C@H]2CN1C(=O)[C@H](NC(=O)[C@@H](NC(=O)c1cnccn1)C1CCCC1)C(C)(C)C)C(=O)C(=O)N[C@@H](C)C(C)C. The predicted octanol–water partition coefficient (Wildman–Crippen LogP) is 2.94. The predicted molar refractivity (Wildman–Crippen MR) is 187 cm³/mol. The van der Waals surface area contributed by atoms with Gasteiger partial charge in [0, 0.05) is 25.0 Å². The first-order valence-electron chi connectivity index (χ1n) is 18.5. The number of carbonyl (C=O) groups excluding carboxylic acids is 6. The van der Waals surface area contributed by atoms with Crippen LogP contribution >= 0.6 is 0 Å². The molecule has 0 aromatic carbocycles. The van der Waals surface area contributed by atoms with Crippen molar-refractivity contribution in [3.05, 3.63) is 24.3 Å². The maximum absolute atomic E-state index is 14.6. The smallest absolute Gasteiger partial charge is 0.289 e. The standard InChI is InChI=1S/C37H57N7O6/c1-8-12-26(30(45)35(49)40-22(4)21(2)3)41-34(48)29-25-16-11-15-24(25)20-44(29)36(50)31(37(5,6)7)43-33(47)28(23-13-9-10-14-23)42-32(46)27-19-38-17-18-39-27/h17-19,21-26,28-29,31H,8-16,20H2,1-7H3,(H,40,49)(H,41,48)(H,42,46)(H,43,47)/t22-,24-,25-,26-,28-,29-,31-/m0/s1. The molecule has 7 atom stereocenters. The summed E-state index contributed by atoms with van der Waals surface area (Å²) in [6, 6.07) is -3.97. The average Bonchev–Trinajstić information content (AvgIpc) is 3.83. The summed E-state index contributed by atoms with van der Waals surface area (Å²) in [6.07, 6.45) is 11.0. The summed E-state index contributed by atoms with van der Waals surface area (Å²) in [5.41, 5.74) is -0.650. The number of carbonyl (C=O) groups is 6. The Morgan fingerprint density at radius 1 is 0.900 bits per heavy atom. The fourth-order valence-electron chi connectivity index (χ4n) is 7.65. The van der Waals surface area contributed by atoms with E-state index in [4.69, 9.17) is 0 Å². The lowest BCUT2D eigenvalue weighted by atomic mass is 9.84. The maximum atomic E-state index is 14.6. The molecular weight excluding hydrogens is 638 g/mol. The van der Waals surface area contributed by atoms with E-state index in [-0.39, 0.29) is 47.7 Å². The molecular formula is C37H57N7O6. The minimum Gasteiger partial charge on any atom is -0.347 e. The molecule has 3 fully saturated rings. The third-order valence-electron chi connectivity index (χ3n) is 10.9. The van der Waals surface area contributed by atoms with E-state index in [0.717, 1.165) is 44.9 Å². The second-order valence-electron chi connectivity index (χ2n) is 15.9. The van der Waals surface area contributed by atoms with Crippen molar-refractivity contribution in [3.8, 4) is 0 Å². The molecule has 276 valence electrons. The second-order valence-corrected chi connectivity index (χ2v) is 15.9. The molecule has 1 aromatic rings. The third-order valence-corrected chi connectivity index (χ3v) is 10.9. The number of Topliss-reactive ketones (excluding diaryl/α,β-unsaturated/α-hetero) is 1. The molecule has 50 heavy (non-hydrogen) atoms. The molecule has 2 heterocycles. The molecule has 2 saturated carbocycles. The molecule has 0 spiro atoms. The zero-order valence-corrected chi connectivity index (χ0v) is 30.8. The number of fused-ring (bicyclic) bond motifs is 1. The summed E-state index contributed by atoms with van der Waals surface area (Å²) in [6.45, 7) is 13.5. The Morgan fingerprint density at radius 3 is 2.20 bits per heavy atom. The summed E-state index contributed by atoms with van der Waals surface area (Å²) < 4.78 is 0. The monoisotopic (exact) mass is 695 g/mol. The van der Waals surface area contributed by atoms with E-state index in [0.29, 0.717) is 13.0 Å². The molecule has 0 bridgehead atoms. The van der Waals surface area contributed by atoms with Crippen molar-refractivity contribution >= 4 is 35.3 Å². The van der Waals surface area contributed by atoms with Gasteiger partial charge in [-0.05, 0) is 68.1 Å². The highest BCUT2D eigenvalue weighted by molar-refractivity contribution is 6.38. The molecule has 4 rings (SSSR count). The van der Waals surface area contributed by atoms with Gasteiger partial charge in [-0.2, -0.15) is 0 Å². The van der Waals surface area contributed by atoms with Crippen molar-refractivity contribution in [3.63, 3.8) is 0 Å². The van der Waals surface area contributed by atoms with Gasteiger partial charge in [0.05, 0.1) is 12.2 Å². The summed E-state index contributed by atoms with van der Waals surface area (Å²) >= 11 is 0. The Kier molecular flexibility index (Phi) is 13.1. The van der Waals surface area contributed by atoms with E-state index in [2.05, 4.69) is 31.2 Å². The largest absolute Gasteiger partial charge is 0.347 e. The van der Waals surface area contributed by atoms with Gasteiger partial charge in [-0.1, -0.05) is 67.2 Å². The molecule has 13 heteroatoms. The van der Waals surface area contributed by atoms with Crippen LogP contribution in [0.25, 0.3) is 0 Å². The van der Waals surface area contributed by atoms with Crippen LogP contribution in [-0.4, -0.2) is 86.9 Å². The number of hydrogen-bond donors (Lipinski definition) is 4. The summed E-state index contributed by atoms with van der Waals surface area (Å²) in [5.74, 6) is -3.22. The maximum Gasteiger partial charge on any atom is 0.289 e. The molecule has 5 amide bonds. The first-order chi connectivity index (χ1) is 23.6. The van der Waals surface area contributed by atoms with Crippen LogP contribution in [0.4, 0.5) is 0 Å². The lowest BCUT2D eigenvalue weighted by molar-refractivity contribution is -0.146. The highest BCUT2D eigenvalue weighted by atomic mass is 16.2. The zero-order valence-electron chi connectivity index (χ0n) is 30.8. The van der Waals surface area contributed by atoms with Crippen molar-refractivity contribution < 1.29 is 28.8 Å². The Bertz CT molecular complexity index is 1390. The Morgan fingerprint density at radius 2 is 1.60 bits per heavy atom. The zero-order chi connectivity index (χ0) is 36.7. The number of hydrogen-bond acceptors (Lipinski definition) is 8. The van der Waals surface area contributed by atoms with Crippen LogP contribution in [-0.2, 0) is 24.0 Å². The highest BCUT2D eigenvalue weighted by Crippen LogP contribution is 2.43. The van der Waals surface area contributed by atoms with Gasteiger partial charge in [0.2, 0.25) is 23.5 Å². The molecule has 1 saturated heterocycles. The summed E-state index contributed by atoms with van der Waals surface area (Å²) in [4.78, 5) is 91.7. The van der Waals surface area contributed by atoms with Crippen LogP contribution < -0.4 is 21.3 Å². The summed E-state index contributed by atoms with van der Waals surface area (Å²) in [7, 11) is 0. The normalized spacial score (nSPS) is 23.0. The van der Waals surface area contributed by atoms with Gasteiger partial charge < -0.3 is 26.2 Å². The van der Waals surface area contributed by atoms with Crippen LogP contribution in [0.1, 0.15) is 117 Å². The van der Waals surface area contributed by atoms with Crippen LogP contribution in [0.5, 0.6) is 0 Å². The average molecular weight is 696 g/mol. The van der Waals surface area contributed by atoms with E-state index >= 15 is 0 Å². The molecule has 1 aliphatic heterocycles. The number of rotatable bonds is 14. The van der Waals surface area contributed by atoms with Crippen molar-refractivity contribution in [1.82, 2.24) is 36.1 Å². The number of ketones is 1. The molecule has 0 radical (unpaired) electrons. The fraction of sp³-hybridized carbons (Fsp3) is 0.730. The highest BCUT2D eigenvalue weighted by Gasteiger charge is 2.52. The minimum absolute atomic E-state index is 0.0935. The van der Waals surface area contributed by atoms with Crippen molar-refractivity contribution in [2.45, 2.75) is 136 Å². The van der Waals surface area contributed by atoms with E-state index in [9.17, 15) is 28.8 Å². The molecule has 0 unspecified atom stereocenters. The Labute approximate surface area is 296 Å². The first kappa shape index (κ1) is 38.9. The molecule has 3 aliphatic rings. The van der Waals surface area contributed by atoms with Gasteiger partial charge in [-0.25, -0.2) is 4.98 Å². The first-order valence-corrected chi connectivity index (χ1v) is 18.5.